The third kappa shape index (κ3) is 3.70. The summed E-state index contributed by atoms with van der Waals surface area (Å²) in [7, 11) is 0. The Labute approximate surface area is 120 Å². The lowest BCUT2D eigenvalue weighted by Gasteiger charge is -2.31. The Bertz CT molecular complexity index is 483. The van der Waals surface area contributed by atoms with Crippen LogP contribution in [0.1, 0.15) is 18.9 Å². The topological polar surface area (TPSA) is 104 Å². The van der Waals surface area contributed by atoms with Crippen molar-refractivity contribution in [2.75, 3.05) is 13.1 Å². The van der Waals surface area contributed by atoms with Crippen LogP contribution in [0.4, 0.5) is 0 Å². The van der Waals surface area contributed by atoms with E-state index < -0.39 is 11.4 Å². The van der Waals surface area contributed by atoms with Gasteiger partial charge < -0.3 is 5.73 Å². The first-order chi connectivity index (χ1) is 9.06. The van der Waals surface area contributed by atoms with Gasteiger partial charge in [0.1, 0.15) is 5.54 Å². The van der Waals surface area contributed by atoms with E-state index in [9.17, 15) is 4.79 Å². The largest absolute Gasteiger partial charge is 0.368 e. The van der Waals surface area contributed by atoms with E-state index in [2.05, 4.69) is 31.3 Å². The molecule has 0 spiro atoms. The van der Waals surface area contributed by atoms with Crippen LogP contribution in [0.15, 0.2) is 33.9 Å². The van der Waals surface area contributed by atoms with Crippen LogP contribution < -0.4 is 11.1 Å². The lowest BCUT2D eigenvalue weighted by molar-refractivity contribution is -0.125. The smallest absolute Gasteiger partial charge is 0.242 e. The summed E-state index contributed by atoms with van der Waals surface area (Å²) in [4.78, 5) is 14.5. The Morgan fingerprint density at radius 1 is 1.53 bits per heavy atom. The standard InChI is InChI=1S/C12H16BrN5O/c1-2-12(11(14)19,16-7-8-17-18-15)9-3-5-10(13)6-4-9/h3-6,16H,2,7-8H2,1H3,(H2,14,19). The Morgan fingerprint density at radius 2 is 2.16 bits per heavy atom. The van der Waals surface area contributed by atoms with Gasteiger partial charge in [0.25, 0.3) is 0 Å². The number of nitrogens with one attached hydrogen (secondary N) is 1. The zero-order valence-electron chi connectivity index (χ0n) is 10.6. The van der Waals surface area contributed by atoms with Gasteiger partial charge in [-0.05, 0) is 29.6 Å². The highest BCUT2D eigenvalue weighted by atomic mass is 79.9. The molecule has 1 atom stereocenters. The zero-order chi connectivity index (χ0) is 14.3. The number of hydrogen-bond acceptors (Lipinski definition) is 3. The number of rotatable bonds is 7. The fourth-order valence-electron chi connectivity index (χ4n) is 1.93. The molecule has 1 rings (SSSR count). The van der Waals surface area contributed by atoms with Gasteiger partial charge in [-0.25, -0.2) is 0 Å². The molecule has 7 heteroatoms. The average Bonchev–Trinajstić information content (AvgIpc) is 2.40. The first-order valence-corrected chi connectivity index (χ1v) is 6.68. The van der Waals surface area contributed by atoms with E-state index in [1.807, 2.05) is 31.2 Å². The van der Waals surface area contributed by atoms with Crippen LogP contribution in [-0.4, -0.2) is 19.0 Å². The number of benzene rings is 1. The van der Waals surface area contributed by atoms with E-state index in [0.29, 0.717) is 13.0 Å². The summed E-state index contributed by atoms with van der Waals surface area (Å²) in [5.74, 6) is -0.446. The van der Waals surface area contributed by atoms with Crippen molar-refractivity contribution in [2.24, 2.45) is 10.8 Å². The van der Waals surface area contributed by atoms with Crippen molar-refractivity contribution in [3.8, 4) is 0 Å². The fourth-order valence-corrected chi connectivity index (χ4v) is 2.20. The van der Waals surface area contributed by atoms with Gasteiger partial charge >= 0.3 is 0 Å². The molecule has 3 N–H and O–H groups in total. The molecule has 6 nitrogen and oxygen atoms in total. The predicted molar refractivity (Wildman–Crippen MR) is 77.3 cm³/mol. The molecule has 0 radical (unpaired) electrons. The summed E-state index contributed by atoms with van der Waals surface area (Å²) in [6.45, 7) is 2.53. The number of carbonyl (C=O) groups is 1. The monoisotopic (exact) mass is 325 g/mol. The van der Waals surface area contributed by atoms with Crippen LogP contribution in [0.2, 0.25) is 0 Å². The van der Waals surface area contributed by atoms with Crippen molar-refractivity contribution in [3.05, 3.63) is 44.7 Å². The molecule has 19 heavy (non-hydrogen) atoms. The number of nitrogens with two attached hydrogens (primary N) is 1. The van der Waals surface area contributed by atoms with Crippen LogP contribution >= 0.6 is 15.9 Å². The summed E-state index contributed by atoms with van der Waals surface area (Å²) in [6, 6.07) is 7.41. The van der Waals surface area contributed by atoms with E-state index in [1.54, 1.807) is 0 Å². The molecule has 1 aromatic rings. The maximum Gasteiger partial charge on any atom is 0.242 e. The Balaban J connectivity index is 3.01. The average molecular weight is 326 g/mol. The number of amides is 1. The quantitative estimate of drug-likeness (QED) is 0.348. The SMILES string of the molecule is CCC(NCCN=[N+]=[N-])(C(N)=O)c1ccc(Br)cc1. The fraction of sp³-hybridized carbons (Fsp3) is 0.417. The third-order valence-electron chi connectivity index (χ3n) is 2.99. The van der Waals surface area contributed by atoms with Gasteiger partial charge in [-0.15, -0.1) is 0 Å². The van der Waals surface area contributed by atoms with Crippen LogP contribution in [-0.2, 0) is 10.3 Å². The van der Waals surface area contributed by atoms with Crippen molar-refractivity contribution < 1.29 is 4.79 Å². The van der Waals surface area contributed by atoms with Crippen molar-refractivity contribution in [2.45, 2.75) is 18.9 Å². The van der Waals surface area contributed by atoms with Gasteiger partial charge in [0.2, 0.25) is 5.91 Å². The third-order valence-corrected chi connectivity index (χ3v) is 3.52. The Morgan fingerprint density at radius 3 is 2.63 bits per heavy atom. The molecule has 0 heterocycles. The van der Waals surface area contributed by atoms with Gasteiger partial charge in [0, 0.05) is 22.5 Å². The summed E-state index contributed by atoms with van der Waals surface area (Å²) in [5.41, 5.74) is 13.7. The summed E-state index contributed by atoms with van der Waals surface area (Å²) >= 11 is 3.35. The highest BCUT2D eigenvalue weighted by molar-refractivity contribution is 9.10. The number of azide groups is 1. The number of halogens is 1. The molecule has 0 saturated carbocycles. The van der Waals surface area contributed by atoms with E-state index >= 15 is 0 Å². The molecule has 0 aliphatic carbocycles. The normalized spacial score (nSPS) is 13.4. The molecule has 1 unspecified atom stereocenters. The number of nitrogens with zero attached hydrogens (tertiary/aromatic N) is 3. The summed E-state index contributed by atoms with van der Waals surface area (Å²) in [6.07, 6.45) is 0.514. The van der Waals surface area contributed by atoms with Crippen molar-refractivity contribution >= 4 is 21.8 Å². The molecular formula is C12H16BrN5O. The summed E-state index contributed by atoms with van der Waals surface area (Å²) < 4.78 is 0.930. The molecule has 0 aromatic heterocycles. The minimum Gasteiger partial charge on any atom is -0.368 e. The highest BCUT2D eigenvalue weighted by Gasteiger charge is 2.35. The second-order valence-corrected chi connectivity index (χ2v) is 4.93. The van der Waals surface area contributed by atoms with Crippen LogP contribution in [0.3, 0.4) is 0 Å². The molecule has 0 aliphatic heterocycles. The molecule has 0 aliphatic rings. The van der Waals surface area contributed by atoms with Crippen molar-refractivity contribution in [3.63, 3.8) is 0 Å². The van der Waals surface area contributed by atoms with Crippen LogP contribution in [0, 0.1) is 0 Å². The first kappa shape index (κ1) is 15.5. The lowest BCUT2D eigenvalue weighted by Crippen LogP contribution is -2.53. The minimum absolute atomic E-state index is 0.266. The Kier molecular flexibility index (Phi) is 5.82. The van der Waals surface area contributed by atoms with Crippen LogP contribution in [0.25, 0.3) is 10.4 Å². The maximum atomic E-state index is 11.8. The first-order valence-electron chi connectivity index (χ1n) is 5.88. The molecule has 1 aromatic carbocycles. The zero-order valence-corrected chi connectivity index (χ0v) is 12.2. The molecular weight excluding hydrogens is 310 g/mol. The van der Waals surface area contributed by atoms with Crippen molar-refractivity contribution in [1.29, 1.82) is 0 Å². The van der Waals surface area contributed by atoms with E-state index in [0.717, 1.165) is 10.0 Å². The van der Waals surface area contributed by atoms with Crippen molar-refractivity contribution in [1.82, 2.24) is 5.32 Å². The van der Waals surface area contributed by atoms with Gasteiger partial charge in [-0.3, -0.25) is 10.1 Å². The van der Waals surface area contributed by atoms with Crippen LogP contribution in [0.5, 0.6) is 0 Å². The second-order valence-electron chi connectivity index (χ2n) is 4.01. The number of carbonyl (C=O) groups excluding carboxylic acids is 1. The molecule has 1 amide bonds. The molecule has 0 saturated heterocycles. The number of hydrogen-bond donors (Lipinski definition) is 2. The van der Waals surface area contributed by atoms with E-state index in [1.165, 1.54) is 0 Å². The molecule has 0 bridgehead atoms. The Hall–Kier alpha value is -1.56. The van der Waals surface area contributed by atoms with E-state index in [-0.39, 0.29) is 6.54 Å². The van der Waals surface area contributed by atoms with E-state index in [4.69, 9.17) is 11.3 Å². The van der Waals surface area contributed by atoms with Gasteiger partial charge in [-0.1, -0.05) is 40.1 Å². The summed E-state index contributed by atoms with van der Waals surface area (Å²) in [5, 5.41) is 6.53. The van der Waals surface area contributed by atoms with Gasteiger partial charge in [0.05, 0.1) is 0 Å². The lowest BCUT2D eigenvalue weighted by atomic mass is 9.86. The number of primary amides is 1. The van der Waals surface area contributed by atoms with Gasteiger partial charge in [0.15, 0.2) is 0 Å². The maximum absolute atomic E-state index is 11.8. The predicted octanol–water partition coefficient (Wildman–Crippen LogP) is 2.44. The second kappa shape index (κ2) is 7.13. The highest BCUT2D eigenvalue weighted by Crippen LogP contribution is 2.26. The molecule has 102 valence electrons. The minimum atomic E-state index is -0.939. The molecule has 0 fully saturated rings. The van der Waals surface area contributed by atoms with Gasteiger partial charge in [-0.2, -0.15) is 0 Å².